The van der Waals surface area contributed by atoms with Crippen LogP contribution in [0.2, 0.25) is 0 Å². The number of benzene rings is 2. The maximum Gasteiger partial charge on any atom is 0.267 e. The number of nitrogens with zero attached hydrogens (tertiary/aromatic N) is 2. The van der Waals surface area contributed by atoms with E-state index in [9.17, 15) is 9.18 Å². The summed E-state index contributed by atoms with van der Waals surface area (Å²) in [5, 5.41) is 6.54. The Labute approximate surface area is 156 Å². The first-order valence-corrected chi connectivity index (χ1v) is 8.51. The molecule has 1 heterocycles. The Morgan fingerprint density at radius 2 is 2.04 bits per heavy atom. The lowest BCUT2D eigenvalue weighted by Gasteiger charge is -2.13. The largest absolute Gasteiger partial charge is 0.458 e. The Kier molecular flexibility index (Phi) is 5.32. The average Bonchev–Trinajstić information content (AvgIpc) is 2.64. The van der Waals surface area contributed by atoms with E-state index >= 15 is 0 Å². The average molecular weight is 363 g/mol. The highest BCUT2D eigenvalue weighted by molar-refractivity contribution is 5.51. The molecular weight excluding hydrogens is 345 g/mol. The van der Waals surface area contributed by atoms with Crippen LogP contribution in [0.1, 0.15) is 29.3 Å². The highest BCUT2D eigenvalue weighted by atomic mass is 19.1. The zero-order valence-electron chi connectivity index (χ0n) is 15.0. The summed E-state index contributed by atoms with van der Waals surface area (Å²) < 4.78 is 19.6. The van der Waals surface area contributed by atoms with E-state index < -0.39 is 5.82 Å². The standard InChI is InChI=1S/C21H18FN3O2/c1-4-15-6-5-14(8-18-7-13(2)21(26)25-24-18)9-20(15)27-19-11-16(22)10-17(12-19)23-3/h5-7,9-12H,4,8H2,1-2H3,(H,25,26). The van der Waals surface area contributed by atoms with E-state index in [-0.39, 0.29) is 17.0 Å². The van der Waals surface area contributed by atoms with Crippen molar-refractivity contribution in [1.82, 2.24) is 10.2 Å². The molecule has 3 rings (SSSR count). The number of hydrogen-bond acceptors (Lipinski definition) is 3. The lowest BCUT2D eigenvalue weighted by atomic mass is 10.0. The van der Waals surface area contributed by atoms with Gasteiger partial charge in [-0.2, -0.15) is 5.10 Å². The fourth-order valence-corrected chi connectivity index (χ4v) is 2.75. The Bertz CT molecular complexity index is 1080. The first-order valence-electron chi connectivity index (χ1n) is 8.51. The summed E-state index contributed by atoms with van der Waals surface area (Å²) >= 11 is 0. The van der Waals surface area contributed by atoms with Gasteiger partial charge < -0.3 is 4.74 Å². The summed E-state index contributed by atoms with van der Waals surface area (Å²) in [6, 6.07) is 11.5. The summed E-state index contributed by atoms with van der Waals surface area (Å²) in [6.45, 7) is 10.8. The molecular formula is C21H18FN3O2. The second kappa shape index (κ2) is 7.83. The van der Waals surface area contributed by atoms with Gasteiger partial charge in [0, 0.05) is 18.1 Å². The first-order chi connectivity index (χ1) is 13.0. The minimum atomic E-state index is -0.513. The van der Waals surface area contributed by atoms with Gasteiger partial charge in [-0.05, 0) is 48.7 Å². The fraction of sp³-hybridized carbons (Fsp3) is 0.190. The van der Waals surface area contributed by atoms with Crippen molar-refractivity contribution >= 4 is 5.69 Å². The third-order valence-corrected chi connectivity index (χ3v) is 4.15. The molecule has 27 heavy (non-hydrogen) atoms. The zero-order valence-corrected chi connectivity index (χ0v) is 15.0. The van der Waals surface area contributed by atoms with Crippen molar-refractivity contribution in [3.05, 3.63) is 92.4 Å². The van der Waals surface area contributed by atoms with Crippen molar-refractivity contribution in [1.29, 1.82) is 0 Å². The van der Waals surface area contributed by atoms with Gasteiger partial charge in [-0.1, -0.05) is 19.1 Å². The van der Waals surface area contributed by atoms with Crippen molar-refractivity contribution in [3.8, 4) is 11.5 Å². The van der Waals surface area contributed by atoms with Crippen molar-refractivity contribution in [2.45, 2.75) is 26.7 Å². The van der Waals surface area contributed by atoms with E-state index in [1.807, 2.05) is 25.1 Å². The SMILES string of the molecule is [C-]#[N+]c1cc(F)cc(Oc2cc(Cc3cc(C)c(=O)[nH]n3)ccc2CC)c1. The molecule has 0 fully saturated rings. The Morgan fingerprint density at radius 3 is 2.74 bits per heavy atom. The summed E-state index contributed by atoms with van der Waals surface area (Å²) in [7, 11) is 0. The van der Waals surface area contributed by atoms with Crippen LogP contribution < -0.4 is 10.3 Å². The monoisotopic (exact) mass is 363 g/mol. The van der Waals surface area contributed by atoms with Crippen LogP contribution in [0.3, 0.4) is 0 Å². The molecule has 0 aliphatic heterocycles. The molecule has 6 heteroatoms. The molecule has 0 aliphatic rings. The highest BCUT2D eigenvalue weighted by Gasteiger charge is 2.09. The summed E-state index contributed by atoms with van der Waals surface area (Å²) in [6.07, 6.45) is 1.27. The second-order valence-electron chi connectivity index (χ2n) is 6.20. The van der Waals surface area contributed by atoms with E-state index in [0.29, 0.717) is 17.7 Å². The Balaban J connectivity index is 1.91. The van der Waals surface area contributed by atoms with Crippen molar-refractivity contribution < 1.29 is 9.13 Å². The molecule has 1 aromatic heterocycles. The molecule has 136 valence electrons. The smallest absolute Gasteiger partial charge is 0.267 e. The third kappa shape index (κ3) is 4.39. The summed E-state index contributed by atoms with van der Waals surface area (Å²) in [5.41, 5.74) is 3.25. The van der Waals surface area contributed by atoms with Gasteiger partial charge in [-0.15, -0.1) is 0 Å². The fourth-order valence-electron chi connectivity index (χ4n) is 2.75. The van der Waals surface area contributed by atoms with Gasteiger partial charge in [0.1, 0.15) is 17.3 Å². The molecule has 0 unspecified atom stereocenters. The first kappa shape index (κ1) is 18.3. The molecule has 0 spiro atoms. The Morgan fingerprint density at radius 1 is 1.22 bits per heavy atom. The molecule has 0 saturated heterocycles. The van der Waals surface area contributed by atoms with Crippen molar-refractivity contribution in [3.63, 3.8) is 0 Å². The van der Waals surface area contributed by atoms with E-state index in [0.717, 1.165) is 23.2 Å². The molecule has 0 atom stereocenters. The van der Waals surface area contributed by atoms with Crippen LogP contribution in [-0.2, 0) is 12.8 Å². The van der Waals surface area contributed by atoms with E-state index in [1.165, 1.54) is 18.2 Å². The maximum atomic E-state index is 13.7. The van der Waals surface area contributed by atoms with Gasteiger partial charge in [-0.25, -0.2) is 14.3 Å². The van der Waals surface area contributed by atoms with Gasteiger partial charge in [0.25, 0.3) is 5.56 Å². The minimum absolute atomic E-state index is 0.187. The normalized spacial score (nSPS) is 10.4. The third-order valence-electron chi connectivity index (χ3n) is 4.15. The van der Waals surface area contributed by atoms with Crippen LogP contribution in [0.4, 0.5) is 10.1 Å². The topological polar surface area (TPSA) is 59.3 Å². The van der Waals surface area contributed by atoms with Crippen LogP contribution in [-0.4, -0.2) is 10.2 Å². The van der Waals surface area contributed by atoms with Crippen LogP contribution in [0.15, 0.2) is 47.3 Å². The lowest BCUT2D eigenvalue weighted by Crippen LogP contribution is -2.12. The molecule has 1 N–H and O–H groups in total. The molecule has 0 bridgehead atoms. The molecule has 0 saturated carbocycles. The van der Waals surface area contributed by atoms with E-state index in [1.54, 1.807) is 13.0 Å². The van der Waals surface area contributed by atoms with Crippen LogP contribution in [0, 0.1) is 19.3 Å². The van der Waals surface area contributed by atoms with E-state index in [2.05, 4.69) is 15.0 Å². The molecule has 2 aromatic carbocycles. The quantitative estimate of drug-likeness (QED) is 0.668. The number of aromatic nitrogens is 2. The number of rotatable bonds is 5. The van der Waals surface area contributed by atoms with Gasteiger partial charge in [-0.3, -0.25) is 4.79 Å². The zero-order chi connectivity index (χ0) is 19.4. The number of hydrogen-bond donors (Lipinski definition) is 1. The van der Waals surface area contributed by atoms with Crippen molar-refractivity contribution in [2.75, 3.05) is 0 Å². The van der Waals surface area contributed by atoms with Crippen LogP contribution >= 0.6 is 0 Å². The second-order valence-corrected chi connectivity index (χ2v) is 6.20. The van der Waals surface area contributed by atoms with E-state index in [4.69, 9.17) is 11.3 Å². The Hall–Kier alpha value is -3.46. The van der Waals surface area contributed by atoms with Crippen LogP contribution in [0.25, 0.3) is 4.85 Å². The van der Waals surface area contributed by atoms with Crippen molar-refractivity contribution in [2.24, 2.45) is 0 Å². The van der Waals surface area contributed by atoms with Gasteiger partial charge in [0.15, 0.2) is 5.69 Å². The molecule has 3 aromatic rings. The molecule has 0 amide bonds. The van der Waals surface area contributed by atoms with Gasteiger partial charge in [0.2, 0.25) is 0 Å². The molecule has 0 radical (unpaired) electrons. The van der Waals surface area contributed by atoms with Crippen LogP contribution in [0.5, 0.6) is 11.5 Å². The number of ether oxygens (including phenoxy) is 1. The number of aromatic amines is 1. The van der Waals surface area contributed by atoms with Gasteiger partial charge in [0.05, 0.1) is 12.3 Å². The number of H-pyrrole nitrogens is 1. The highest BCUT2D eigenvalue weighted by Crippen LogP contribution is 2.31. The number of aryl methyl sites for hydroxylation is 2. The predicted molar refractivity (Wildman–Crippen MR) is 101 cm³/mol. The molecule has 5 nitrogen and oxygen atoms in total. The minimum Gasteiger partial charge on any atom is -0.458 e. The number of halogens is 1. The summed E-state index contributed by atoms with van der Waals surface area (Å²) in [4.78, 5) is 14.7. The summed E-state index contributed by atoms with van der Waals surface area (Å²) in [5.74, 6) is 0.379. The van der Waals surface area contributed by atoms with Gasteiger partial charge >= 0.3 is 0 Å². The molecule has 0 aliphatic carbocycles. The lowest BCUT2D eigenvalue weighted by molar-refractivity contribution is 0.471. The number of nitrogens with one attached hydrogen (secondary N) is 1. The maximum absolute atomic E-state index is 13.7. The predicted octanol–water partition coefficient (Wildman–Crippen LogP) is 4.71.